The highest BCUT2D eigenvalue weighted by Gasteiger charge is 2.18. The number of sulfonamides is 1. The molecule has 0 unspecified atom stereocenters. The molecule has 1 rings (SSSR count). The van der Waals surface area contributed by atoms with Crippen LogP contribution in [0, 0.1) is 12.7 Å². The quantitative estimate of drug-likeness (QED) is 0.801. The van der Waals surface area contributed by atoms with Gasteiger partial charge in [0.2, 0.25) is 10.0 Å². The Hall–Kier alpha value is -1.47. The molecule has 0 aliphatic carbocycles. The lowest BCUT2D eigenvalue weighted by Crippen LogP contribution is -2.26. The molecule has 1 aromatic rings. The second-order valence-corrected chi connectivity index (χ2v) is 5.82. The normalized spacial score (nSPS) is 11.4. The zero-order valence-electron chi connectivity index (χ0n) is 10.9. The Balaban J connectivity index is 3.13. The van der Waals surface area contributed by atoms with Crippen molar-refractivity contribution >= 4 is 15.9 Å². The highest BCUT2D eigenvalue weighted by Crippen LogP contribution is 2.18. The van der Waals surface area contributed by atoms with Crippen molar-refractivity contribution in [2.24, 2.45) is 5.14 Å². The Morgan fingerprint density at radius 2 is 2.05 bits per heavy atom. The van der Waals surface area contributed by atoms with E-state index in [0.717, 1.165) is 25.0 Å². The summed E-state index contributed by atoms with van der Waals surface area (Å²) in [5.41, 5.74) is -0.243. The Labute approximate surface area is 112 Å². The fourth-order valence-electron chi connectivity index (χ4n) is 1.54. The molecule has 1 amide bonds. The topological polar surface area (TPSA) is 89.3 Å². The number of carbonyl (C=O) groups is 1. The van der Waals surface area contributed by atoms with Crippen molar-refractivity contribution in [3.05, 3.63) is 29.1 Å². The molecule has 19 heavy (non-hydrogen) atoms. The van der Waals surface area contributed by atoms with E-state index in [0.29, 0.717) is 6.54 Å². The van der Waals surface area contributed by atoms with E-state index >= 15 is 0 Å². The van der Waals surface area contributed by atoms with E-state index in [1.165, 1.54) is 6.92 Å². The highest BCUT2D eigenvalue weighted by molar-refractivity contribution is 7.89. The first-order chi connectivity index (χ1) is 8.77. The number of nitrogens with one attached hydrogen (secondary N) is 1. The summed E-state index contributed by atoms with van der Waals surface area (Å²) in [4.78, 5) is 11.5. The summed E-state index contributed by atoms with van der Waals surface area (Å²) >= 11 is 0. The summed E-state index contributed by atoms with van der Waals surface area (Å²) < 4.78 is 36.3. The van der Waals surface area contributed by atoms with E-state index in [-0.39, 0.29) is 16.0 Å². The maximum atomic E-state index is 13.8. The lowest BCUT2D eigenvalue weighted by molar-refractivity contribution is 0.0948. The first-order valence-electron chi connectivity index (χ1n) is 5.88. The smallest absolute Gasteiger partial charge is 0.254 e. The molecule has 0 atom stereocenters. The van der Waals surface area contributed by atoms with Crippen LogP contribution in [0.15, 0.2) is 17.0 Å². The molecule has 0 saturated heterocycles. The van der Waals surface area contributed by atoms with Gasteiger partial charge in [-0.2, -0.15) is 0 Å². The van der Waals surface area contributed by atoms with Gasteiger partial charge in [0.1, 0.15) is 5.82 Å². The van der Waals surface area contributed by atoms with Gasteiger partial charge in [-0.15, -0.1) is 0 Å². The molecule has 5 nitrogen and oxygen atoms in total. The van der Waals surface area contributed by atoms with E-state index in [2.05, 4.69) is 5.32 Å². The Morgan fingerprint density at radius 3 is 2.58 bits per heavy atom. The number of rotatable bonds is 5. The summed E-state index contributed by atoms with van der Waals surface area (Å²) in [5.74, 6) is -1.37. The van der Waals surface area contributed by atoms with Crippen LogP contribution in [0.3, 0.4) is 0 Å². The number of hydrogen-bond acceptors (Lipinski definition) is 3. The molecule has 0 radical (unpaired) electrons. The lowest BCUT2D eigenvalue weighted by Gasteiger charge is -2.09. The lowest BCUT2D eigenvalue weighted by atomic mass is 10.1. The number of halogens is 1. The van der Waals surface area contributed by atoms with Crippen molar-refractivity contribution in [3.8, 4) is 0 Å². The van der Waals surface area contributed by atoms with Gasteiger partial charge in [0.05, 0.1) is 10.5 Å². The Bertz CT molecular complexity index is 585. The average Bonchev–Trinajstić information content (AvgIpc) is 2.31. The minimum Gasteiger partial charge on any atom is -0.352 e. The maximum Gasteiger partial charge on any atom is 0.254 e. The van der Waals surface area contributed by atoms with E-state index in [1.54, 1.807) is 0 Å². The van der Waals surface area contributed by atoms with Crippen LogP contribution in [-0.2, 0) is 10.0 Å². The number of carbonyl (C=O) groups excluding carboxylic acids is 1. The molecule has 0 bridgehead atoms. The Kier molecular flexibility index (Phi) is 5.02. The zero-order valence-corrected chi connectivity index (χ0v) is 11.7. The minimum atomic E-state index is -3.97. The third kappa shape index (κ3) is 4.00. The van der Waals surface area contributed by atoms with Crippen molar-refractivity contribution in [1.29, 1.82) is 0 Å². The van der Waals surface area contributed by atoms with E-state index in [9.17, 15) is 17.6 Å². The predicted octanol–water partition coefficient (Wildman–Crippen LogP) is 1.31. The number of amides is 1. The monoisotopic (exact) mass is 288 g/mol. The number of hydrogen-bond donors (Lipinski definition) is 2. The molecule has 0 aliphatic rings. The number of benzene rings is 1. The van der Waals surface area contributed by atoms with Crippen LogP contribution >= 0.6 is 0 Å². The first-order valence-corrected chi connectivity index (χ1v) is 7.43. The summed E-state index contributed by atoms with van der Waals surface area (Å²) in [6.07, 6.45) is 1.65. The second kappa shape index (κ2) is 6.12. The van der Waals surface area contributed by atoms with Crippen LogP contribution in [0.4, 0.5) is 4.39 Å². The molecule has 0 fully saturated rings. The molecule has 1 aromatic carbocycles. The molecule has 0 heterocycles. The van der Waals surface area contributed by atoms with E-state index in [4.69, 9.17) is 5.14 Å². The molecule has 0 aliphatic heterocycles. The molecule has 3 N–H and O–H groups in total. The van der Waals surface area contributed by atoms with Gasteiger partial charge >= 0.3 is 0 Å². The van der Waals surface area contributed by atoms with Gasteiger partial charge in [0.25, 0.3) is 5.91 Å². The highest BCUT2D eigenvalue weighted by atomic mass is 32.2. The summed E-state index contributed by atoms with van der Waals surface area (Å²) in [6, 6.07) is 2.06. The van der Waals surface area contributed by atoms with Crippen molar-refractivity contribution in [2.45, 2.75) is 31.6 Å². The van der Waals surface area contributed by atoms with Crippen molar-refractivity contribution in [3.63, 3.8) is 0 Å². The van der Waals surface area contributed by atoms with Crippen LogP contribution in [0.1, 0.15) is 35.7 Å². The summed E-state index contributed by atoms with van der Waals surface area (Å²) in [6.45, 7) is 3.75. The predicted molar refractivity (Wildman–Crippen MR) is 69.8 cm³/mol. The molecule has 0 saturated carbocycles. The third-order valence-corrected chi connectivity index (χ3v) is 3.51. The summed E-state index contributed by atoms with van der Waals surface area (Å²) in [5, 5.41) is 7.52. The van der Waals surface area contributed by atoms with Crippen LogP contribution in [0.25, 0.3) is 0 Å². The second-order valence-electron chi connectivity index (χ2n) is 4.26. The largest absolute Gasteiger partial charge is 0.352 e. The number of unbranched alkanes of at least 4 members (excludes halogenated alkanes) is 1. The standard InChI is InChI=1S/C12H17FN2O3S/c1-3-4-5-15-12(16)10-7-9(19(14,17)18)6-8(2)11(10)13/h6-7H,3-5H2,1-2H3,(H,15,16)(H2,14,17,18). The van der Waals surface area contributed by atoms with Gasteiger partial charge in [-0.3, -0.25) is 4.79 Å². The van der Waals surface area contributed by atoms with Crippen LogP contribution in [0.2, 0.25) is 0 Å². The van der Waals surface area contributed by atoms with Gasteiger partial charge in [0.15, 0.2) is 0 Å². The SMILES string of the molecule is CCCCNC(=O)c1cc(S(N)(=O)=O)cc(C)c1F. The molecule has 0 aromatic heterocycles. The van der Waals surface area contributed by atoms with Gasteiger partial charge in [-0.05, 0) is 31.0 Å². The van der Waals surface area contributed by atoms with Crippen molar-refractivity contribution < 1.29 is 17.6 Å². The van der Waals surface area contributed by atoms with E-state index in [1.807, 2.05) is 6.92 Å². The number of nitrogens with two attached hydrogens (primary N) is 1. The Morgan fingerprint density at radius 1 is 1.42 bits per heavy atom. The molecule has 0 spiro atoms. The van der Waals surface area contributed by atoms with Gasteiger partial charge in [-0.1, -0.05) is 13.3 Å². The number of aryl methyl sites for hydroxylation is 1. The minimum absolute atomic E-state index is 0.0622. The van der Waals surface area contributed by atoms with Gasteiger partial charge in [-0.25, -0.2) is 17.9 Å². The van der Waals surface area contributed by atoms with Crippen molar-refractivity contribution in [2.75, 3.05) is 6.54 Å². The molecular formula is C12H17FN2O3S. The fourth-order valence-corrected chi connectivity index (χ4v) is 2.16. The fraction of sp³-hybridized carbons (Fsp3) is 0.417. The first kappa shape index (κ1) is 15.6. The van der Waals surface area contributed by atoms with Gasteiger partial charge in [0, 0.05) is 6.54 Å². The molecule has 106 valence electrons. The maximum absolute atomic E-state index is 13.8. The van der Waals surface area contributed by atoms with Crippen LogP contribution < -0.4 is 10.5 Å². The number of primary sulfonamides is 1. The van der Waals surface area contributed by atoms with Crippen LogP contribution in [-0.4, -0.2) is 20.9 Å². The third-order valence-electron chi connectivity index (χ3n) is 2.62. The van der Waals surface area contributed by atoms with Gasteiger partial charge < -0.3 is 5.32 Å². The van der Waals surface area contributed by atoms with Crippen molar-refractivity contribution in [1.82, 2.24) is 5.32 Å². The molecular weight excluding hydrogens is 271 g/mol. The summed E-state index contributed by atoms with van der Waals surface area (Å²) in [7, 11) is -3.97. The van der Waals surface area contributed by atoms with E-state index < -0.39 is 21.7 Å². The zero-order chi connectivity index (χ0) is 14.6. The molecule has 7 heteroatoms. The van der Waals surface area contributed by atoms with Crippen LogP contribution in [0.5, 0.6) is 0 Å². The average molecular weight is 288 g/mol.